The zero-order valence-corrected chi connectivity index (χ0v) is 21.5. The third kappa shape index (κ3) is 9.93. The van der Waals surface area contributed by atoms with Gasteiger partial charge in [-0.2, -0.15) is 0 Å². The lowest BCUT2D eigenvalue weighted by Crippen LogP contribution is -2.21. The summed E-state index contributed by atoms with van der Waals surface area (Å²) in [6.07, 6.45) is 2.11. The first-order valence-electron chi connectivity index (χ1n) is 12.3. The number of hydroxylamine groups is 2. The van der Waals surface area contributed by atoms with Crippen molar-refractivity contribution in [2.24, 2.45) is 0 Å². The van der Waals surface area contributed by atoms with Crippen LogP contribution in [0, 0.1) is 0 Å². The van der Waals surface area contributed by atoms with E-state index in [1.165, 1.54) is 0 Å². The van der Waals surface area contributed by atoms with Crippen LogP contribution >= 0.6 is 0 Å². The minimum absolute atomic E-state index is 0.535. The van der Waals surface area contributed by atoms with Crippen molar-refractivity contribution in [3.8, 4) is 22.6 Å². The number of hydrogen-bond donors (Lipinski definition) is 2. The summed E-state index contributed by atoms with van der Waals surface area (Å²) in [4.78, 5) is 15.5. The van der Waals surface area contributed by atoms with Gasteiger partial charge < -0.3 is 14.2 Å². The van der Waals surface area contributed by atoms with Crippen molar-refractivity contribution >= 4 is 0 Å². The molecular formula is C28H40N4O3. The number of hydrogen-bond acceptors (Lipinski definition) is 7. The van der Waals surface area contributed by atoms with E-state index >= 15 is 0 Å². The maximum absolute atomic E-state index is 6.13. The van der Waals surface area contributed by atoms with Gasteiger partial charge in [0, 0.05) is 24.2 Å². The minimum Gasteiger partial charge on any atom is -0.456 e. The Kier molecular flexibility index (Phi) is 11.4. The highest BCUT2D eigenvalue weighted by molar-refractivity contribution is 5.65. The molecule has 0 bridgehead atoms. The quantitative estimate of drug-likeness (QED) is 0.230. The summed E-state index contributed by atoms with van der Waals surface area (Å²) in [5, 5.41) is 0. The van der Waals surface area contributed by atoms with Gasteiger partial charge in [-0.3, -0.25) is 9.68 Å². The first-order chi connectivity index (χ1) is 17.0. The maximum Gasteiger partial charge on any atom is 0.134 e. The molecule has 3 aromatic rings. The van der Waals surface area contributed by atoms with Crippen molar-refractivity contribution in [1.82, 2.24) is 20.8 Å². The van der Waals surface area contributed by atoms with Crippen molar-refractivity contribution < 1.29 is 14.1 Å². The van der Waals surface area contributed by atoms with Crippen LogP contribution in [0.25, 0.3) is 22.6 Å². The smallest absolute Gasteiger partial charge is 0.134 e. The second-order valence-electron chi connectivity index (χ2n) is 9.24. The Morgan fingerprint density at radius 2 is 1.00 bits per heavy atom. The SMILES string of the molecule is CN(C)CCCNOCc1ccc(-c2ccc(-c3ccc(CONCCCN(C)C)cc3)o2)cc1. The lowest BCUT2D eigenvalue weighted by atomic mass is 10.1. The molecule has 0 fully saturated rings. The molecule has 0 spiro atoms. The molecule has 7 nitrogen and oxygen atoms in total. The van der Waals surface area contributed by atoms with Crippen LogP contribution < -0.4 is 11.0 Å². The lowest BCUT2D eigenvalue weighted by molar-refractivity contribution is 0.0267. The van der Waals surface area contributed by atoms with Crippen LogP contribution in [0.1, 0.15) is 24.0 Å². The van der Waals surface area contributed by atoms with Gasteiger partial charge in [0.15, 0.2) is 0 Å². The molecule has 2 N–H and O–H groups in total. The highest BCUT2D eigenvalue weighted by Gasteiger charge is 2.08. The molecule has 0 aliphatic carbocycles. The van der Waals surface area contributed by atoms with E-state index in [1.54, 1.807) is 0 Å². The molecule has 0 radical (unpaired) electrons. The third-order valence-electron chi connectivity index (χ3n) is 5.53. The molecule has 1 heterocycles. The largest absolute Gasteiger partial charge is 0.456 e. The van der Waals surface area contributed by atoms with E-state index < -0.39 is 0 Å². The molecule has 3 rings (SSSR count). The lowest BCUT2D eigenvalue weighted by Gasteiger charge is -2.10. The van der Waals surface area contributed by atoms with Crippen LogP contribution in [-0.4, -0.2) is 64.2 Å². The van der Waals surface area contributed by atoms with Crippen molar-refractivity contribution in [1.29, 1.82) is 0 Å². The van der Waals surface area contributed by atoms with Crippen LogP contribution in [0.5, 0.6) is 0 Å². The highest BCUT2D eigenvalue weighted by Crippen LogP contribution is 2.29. The van der Waals surface area contributed by atoms with Gasteiger partial charge in [-0.15, -0.1) is 0 Å². The van der Waals surface area contributed by atoms with Gasteiger partial charge in [-0.05, 0) is 77.4 Å². The second-order valence-corrected chi connectivity index (χ2v) is 9.24. The van der Waals surface area contributed by atoms with Gasteiger partial charge in [0.25, 0.3) is 0 Å². The number of benzene rings is 2. The molecule has 0 aliphatic heterocycles. The minimum atomic E-state index is 0.535. The van der Waals surface area contributed by atoms with Crippen molar-refractivity contribution in [2.45, 2.75) is 26.1 Å². The Morgan fingerprint density at radius 1 is 0.600 bits per heavy atom. The van der Waals surface area contributed by atoms with Crippen LogP contribution in [0.2, 0.25) is 0 Å². The Balaban J connectivity index is 1.43. The number of nitrogens with zero attached hydrogens (tertiary/aromatic N) is 2. The fraction of sp³-hybridized carbons (Fsp3) is 0.429. The third-order valence-corrected chi connectivity index (χ3v) is 5.53. The topological polar surface area (TPSA) is 62.1 Å². The van der Waals surface area contributed by atoms with E-state index in [0.717, 1.165) is 72.8 Å². The van der Waals surface area contributed by atoms with E-state index in [9.17, 15) is 0 Å². The Hall–Kier alpha value is -2.52. The van der Waals surface area contributed by atoms with Crippen LogP contribution in [0.3, 0.4) is 0 Å². The first-order valence-corrected chi connectivity index (χ1v) is 12.3. The molecule has 7 heteroatoms. The number of rotatable bonds is 16. The van der Waals surface area contributed by atoms with Crippen LogP contribution in [0.15, 0.2) is 65.1 Å². The van der Waals surface area contributed by atoms with E-state index in [4.69, 9.17) is 14.1 Å². The number of nitrogens with one attached hydrogen (secondary N) is 2. The predicted molar refractivity (Wildman–Crippen MR) is 142 cm³/mol. The summed E-state index contributed by atoms with van der Waals surface area (Å²) < 4.78 is 6.13. The molecule has 0 atom stereocenters. The maximum atomic E-state index is 6.13. The Labute approximate surface area is 209 Å². The standard InChI is InChI=1S/C28H40N4O3/c1-31(2)19-5-17-29-33-21-23-7-11-25(12-8-23)27-15-16-28(35-27)26-13-9-24(10-14-26)22-34-30-18-6-20-32(3)4/h7-16,29-30H,5-6,17-22H2,1-4H3. The average molecular weight is 481 g/mol. The molecule has 0 saturated carbocycles. The summed E-state index contributed by atoms with van der Waals surface area (Å²) in [7, 11) is 8.30. The van der Waals surface area contributed by atoms with E-state index in [2.05, 4.69) is 97.5 Å². The van der Waals surface area contributed by atoms with E-state index in [0.29, 0.717) is 13.2 Å². The zero-order valence-electron chi connectivity index (χ0n) is 21.5. The molecule has 35 heavy (non-hydrogen) atoms. The molecule has 0 aliphatic rings. The first kappa shape index (κ1) is 27.1. The molecule has 1 aromatic heterocycles. The van der Waals surface area contributed by atoms with Gasteiger partial charge in [-0.1, -0.05) is 48.5 Å². The van der Waals surface area contributed by atoms with Gasteiger partial charge in [0.2, 0.25) is 0 Å². The average Bonchev–Trinajstić information content (AvgIpc) is 3.34. The molecule has 190 valence electrons. The fourth-order valence-corrected chi connectivity index (χ4v) is 3.53. The summed E-state index contributed by atoms with van der Waals surface area (Å²) >= 11 is 0. The van der Waals surface area contributed by atoms with Crippen LogP contribution in [0.4, 0.5) is 0 Å². The van der Waals surface area contributed by atoms with Gasteiger partial charge in [0.05, 0.1) is 13.2 Å². The molecule has 0 saturated heterocycles. The Bertz CT molecular complexity index is 891. The second kappa shape index (κ2) is 14.8. The van der Waals surface area contributed by atoms with Crippen LogP contribution in [-0.2, 0) is 22.9 Å². The summed E-state index contributed by atoms with van der Waals surface area (Å²) in [5.41, 5.74) is 10.4. The van der Waals surface area contributed by atoms with Crippen molar-refractivity contribution in [2.75, 3.05) is 54.4 Å². The molecule has 0 amide bonds. The molecule has 2 aromatic carbocycles. The summed E-state index contributed by atoms with van der Waals surface area (Å²) in [6, 6.07) is 20.6. The normalized spacial score (nSPS) is 11.6. The van der Waals surface area contributed by atoms with Gasteiger partial charge in [0.1, 0.15) is 11.5 Å². The van der Waals surface area contributed by atoms with Gasteiger partial charge in [-0.25, -0.2) is 11.0 Å². The zero-order chi connectivity index (χ0) is 24.9. The van der Waals surface area contributed by atoms with E-state index in [1.807, 2.05) is 12.1 Å². The highest BCUT2D eigenvalue weighted by atomic mass is 16.6. The monoisotopic (exact) mass is 480 g/mol. The van der Waals surface area contributed by atoms with Crippen molar-refractivity contribution in [3.63, 3.8) is 0 Å². The summed E-state index contributed by atoms with van der Waals surface area (Å²) in [5.74, 6) is 1.70. The molecule has 0 unspecified atom stereocenters. The van der Waals surface area contributed by atoms with E-state index in [-0.39, 0.29) is 0 Å². The summed E-state index contributed by atoms with van der Waals surface area (Å²) in [6.45, 7) is 4.84. The molecular weight excluding hydrogens is 440 g/mol. The predicted octanol–water partition coefficient (Wildman–Crippen LogP) is 4.56. The van der Waals surface area contributed by atoms with Crippen molar-refractivity contribution in [3.05, 3.63) is 71.8 Å². The number of furan rings is 1. The van der Waals surface area contributed by atoms with Gasteiger partial charge >= 0.3 is 0 Å². The fourth-order valence-electron chi connectivity index (χ4n) is 3.53. The Morgan fingerprint density at radius 3 is 1.37 bits per heavy atom.